The number of halogens is 4. The number of nitro groups is 1. The van der Waals surface area contributed by atoms with Crippen LogP contribution < -0.4 is 0 Å². The molecule has 0 spiro atoms. The molecular weight excluding hydrogens is 305 g/mol. The highest BCUT2D eigenvalue weighted by Gasteiger charge is 2.38. The lowest BCUT2D eigenvalue weighted by Crippen LogP contribution is -2.11. The van der Waals surface area contributed by atoms with Crippen LogP contribution in [0.15, 0.2) is 16.6 Å². The van der Waals surface area contributed by atoms with Crippen LogP contribution in [0.2, 0.25) is 0 Å². The van der Waals surface area contributed by atoms with Gasteiger partial charge in [0.25, 0.3) is 5.69 Å². The van der Waals surface area contributed by atoms with Gasteiger partial charge in [-0.15, -0.1) is 0 Å². The zero-order valence-electron chi connectivity index (χ0n) is 8.08. The van der Waals surface area contributed by atoms with E-state index in [4.69, 9.17) is 5.26 Å². The summed E-state index contributed by atoms with van der Waals surface area (Å²) in [5.41, 5.74) is -2.15. The van der Waals surface area contributed by atoms with Crippen molar-refractivity contribution in [2.75, 3.05) is 0 Å². The molecule has 8 heteroatoms. The van der Waals surface area contributed by atoms with Crippen molar-refractivity contribution in [3.05, 3.63) is 37.8 Å². The van der Waals surface area contributed by atoms with Crippen molar-refractivity contribution in [3.63, 3.8) is 0 Å². The van der Waals surface area contributed by atoms with Gasteiger partial charge in [0, 0.05) is 6.07 Å². The van der Waals surface area contributed by atoms with Gasteiger partial charge in [-0.2, -0.15) is 18.4 Å². The second kappa shape index (κ2) is 4.71. The van der Waals surface area contributed by atoms with Crippen LogP contribution in [-0.2, 0) is 12.6 Å². The highest BCUT2D eigenvalue weighted by atomic mass is 79.9. The molecule has 1 aromatic rings. The summed E-state index contributed by atoms with van der Waals surface area (Å²) in [4.78, 5) is 9.59. The van der Waals surface area contributed by atoms with Crippen LogP contribution in [0, 0.1) is 21.4 Å². The molecule has 0 aliphatic heterocycles. The molecule has 0 saturated heterocycles. The molecule has 0 amide bonds. The number of nitriles is 1. The summed E-state index contributed by atoms with van der Waals surface area (Å²) in [5, 5.41) is 18.9. The number of hydrogen-bond acceptors (Lipinski definition) is 3. The first-order chi connectivity index (χ1) is 7.79. The third-order valence-electron chi connectivity index (χ3n) is 1.96. The predicted octanol–water partition coefficient (Wildman–Crippen LogP) is 3.44. The fourth-order valence-electron chi connectivity index (χ4n) is 1.29. The van der Waals surface area contributed by atoms with Gasteiger partial charge in [0.1, 0.15) is 4.47 Å². The topological polar surface area (TPSA) is 66.9 Å². The van der Waals surface area contributed by atoms with Crippen LogP contribution in [0.5, 0.6) is 0 Å². The van der Waals surface area contributed by atoms with Crippen LogP contribution in [0.4, 0.5) is 18.9 Å². The Hall–Kier alpha value is -1.62. The summed E-state index contributed by atoms with van der Waals surface area (Å²) in [7, 11) is 0. The maximum Gasteiger partial charge on any atom is 0.418 e. The first kappa shape index (κ1) is 13.4. The monoisotopic (exact) mass is 308 g/mol. The average Bonchev–Trinajstić information content (AvgIpc) is 2.15. The highest BCUT2D eigenvalue weighted by Crippen LogP contribution is 2.41. The highest BCUT2D eigenvalue weighted by molar-refractivity contribution is 9.10. The average molecular weight is 309 g/mol. The summed E-state index contributed by atoms with van der Waals surface area (Å²) >= 11 is 2.57. The Morgan fingerprint density at radius 2 is 2.06 bits per heavy atom. The molecule has 0 saturated carbocycles. The minimum Gasteiger partial charge on any atom is -0.258 e. The first-order valence-electron chi connectivity index (χ1n) is 4.19. The Balaban J connectivity index is 3.54. The molecule has 17 heavy (non-hydrogen) atoms. The fraction of sp³-hybridized carbons (Fsp3) is 0.222. The molecule has 0 fully saturated rings. The minimum absolute atomic E-state index is 0.294. The van der Waals surface area contributed by atoms with E-state index in [2.05, 4.69) is 15.9 Å². The molecule has 0 aromatic heterocycles. The van der Waals surface area contributed by atoms with Gasteiger partial charge in [-0.05, 0) is 21.5 Å². The van der Waals surface area contributed by atoms with Gasteiger partial charge in [-0.1, -0.05) is 6.07 Å². The molecule has 0 N–H and O–H groups in total. The van der Waals surface area contributed by atoms with Gasteiger partial charge in [0.2, 0.25) is 0 Å². The molecule has 0 atom stereocenters. The summed E-state index contributed by atoms with van der Waals surface area (Å²) in [6.45, 7) is 0. The number of nitrogens with zero attached hydrogens (tertiary/aromatic N) is 2. The second-order valence-corrected chi connectivity index (χ2v) is 3.82. The van der Waals surface area contributed by atoms with Gasteiger partial charge in [0.05, 0.1) is 23.0 Å². The molecule has 0 aliphatic rings. The Kier molecular flexibility index (Phi) is 3.72. The lowest BCUT2D eigenvalue weighted by molar-refractivity contribution is -0.386. The van der Waals surface area contributed by atoms with E-state index < -0.39 is 33.2 Å². The lowest BCUT2D eigenvalue weighted by atomic mass is 10.0. The van der Waals surface area contributed by atoms with Crippen molar-refractivity contribution < 1.29 is 18.1 Å². The third kappa shape index (κ3) is 2.74. The number of nitro benzene ring substituents is 1. The Labute approximate surface area is 102 Å². The lowest BCUT2D eigenvalue weighted by Gasteiger charge is -2.12. The maximum absolute atomic E-state index is 12.7. The van der Waals surface area contributed by atoms with Gasteiger partial charge in [-0.25, -0.2) is 0 Å². The third-order valence-corrected chi connectivity index (χ3v) is 2.76. The minimum atomic E-state index is -4.75. The van der Waals surface area contributed by atoms with Crippen molar-refractivity contribution in [2.45, 2.75) is 12.6 Å². The van der Waals surface area contributed by atoms with E-state index in [9.17, 15) is 23.3 Å². The van der Waals surface area contributed by atoms with Crippen LogP contribution in [0.3, 0.4) is 0 Å². The molecule has 0 heterocycles. The number of benzene rings is 1. The van der Waals surface area contributed by atoms with Gasteiger partial charge >= 0.3 is 6.18 Å². The molecule has 0 unspecified atom stereocenters. The largest absolute Gasteiger partial charge is 0.418 e. The molecular formula is C9H4BrF3N2O2. The zero-order chi connectivity index (χ0) is 13.2. The van der Waals surface area contributed by atoms with Gasteiger partial charge in [0.15, 0.2) is 0 Å². The molecule has 1 aromatic carbocycles. The van der Waals surface area contributed by atoms with Crippen molar-refractivity contribution in [2.24, 2.45) is 0 Å². The SMILES string of the molecule is N#CCc1ccc([N+](=O)[O-])c(Br)c1C(F)(F)F. The number of hydrogen-bond donors (Lipinski definition) is 0. The Morgan fingerprint density at radius 3 is 2.47 bits per heavy atom. The van der Waals surface area contributed by atoms with Crippen LogP contribution >= 0.6 is 15.9 Å². The molecule has 0 radical (unpaired) electrons. The van der Waals surface area contributed by atoms with E-state index >= 15 is 0 Å². The van der Waals surface area contributed by atoms with Crippen LogP contribution in [0.1, 0.15) is 11.1 Å². The fourth-order valence-corrected chi connectivity index (χ4v) is 2.04. The van der Waals surface area contributed by atoms with Crippen LogP contribution in [-0.4, -0.2) is 4.92 Å². The van der Waals surface area contributed by atoms with E-state index in [-0.39, 0.29) is 5.56 Å². The zero-order valence-corrected chi connectivity index (χ0v) is 9.67. The standard InChI is InChI=1S/C9H4BrF3N2O2/c10-8-6(15(16)17)2-1-5(3-4-14)7(8)9(11,12)13/h1-2H,3H2. The van der Waals surface area contributed by atoms with E-state index in [1.54, 1.807) is 6.07 Å². The van der Waals surface area contributed by atoms with Crippen molar-refractivity contribution in [3.8, 4) is 6.07 Å². The maximum atomic E-state index is 12.7. The van der Waals surface area contributed by atoms with Gasteiger partial charge < -0.3 is 0 Å². The summed E-state index contributed by atoms with van der Waals surface area (Å²) < 4.78 is 37.5. The number of rotatable bonds is 2. The summed E-state index contributed by atoms with van der Waals surface area (Å²) in [6, 6.07) is 3.46. The first-order valence-corrected chi connectivity index (χ1v) is 4.98. The van der Waals surface area contributed by atoms with E-state index in [0.29, 0.717) is 0 Å². The molecule has 0 bridgehead atoms. The van der Waals surface area contributed by atoms with Crippen molar-refractivity contribution >= 4 is 21.6 Å². The Morgan fingerprint density at radius 1 is 1.47 bits per heavy atom. The predicted molar refractivity (Wildman–Crippen MR) is 55.1 cm³/mol. The Bertz CT molecular complexity index is 508. The normalized spacial score (nSPS) is 11.0. The molecule has 4 nitrogen and oxygen atoms in total. The van der Waals surface area contributed by atoms with Crippen molar-refractivity contribution in [1.82, 2.24) is 0 Å². The summed E-state index contributed by atoms with van der Waals surface area (Å²) in [6.07, 6.45) is -5.22. The van der Waals surface area contributed by atoms with E-state index in [1.165, 1.54) is 0 Å². The van der Waals surface area contributed by atoms with E-state index in [1.807, 2.05) is 0 Å². The smallest absolute Gasteiger partial charge is 0.258 e. The van der Waals surface area contributed by atoms with Crippen LogP contribution in [0.25, 0.3) is 0 Å². The quantitative estimate of drug-likeness (QED) is 0.621. The molecule has 90 valence electrons. The van der Waals surface area contributed by atoms with E-state index in [0.717, 1.165) is 12.1 Å². The summed E-state index contributed by atoms with van der Waals surface area (Å²) in [5.74, 6) is 0. The van der Waals surface area contributed by atoms with Gasteiger partial charge in [-0.3, -0.25) is 10.1 Å². The van der Waals surface area contributed by atoms with Crippen molar-refractivity contribution in [1.29, 1.82) is 5.26 Å². The molecule has 0 aliphatic carbocycles. The number of alkyl halides is 3. The second-order valence-electron chi connectivity index (χ2n) is 3.02. The molecule has 1 rings (SSSR count).